The van der Waals surface area contributed by atoms with E-state index in [0.717, 1.165) is 18.4 Å². The minimum Gasteiger partial charge on any atom is -0.378 e. The highest BCUT2D eigenvalue weighted by molar-refractivity contribution is 5.26. The third-order valence-corrected chi connectivity index (χ3v) is 6.85. The van der Waals surface area contributed by atoms with Gasteiger partial charge in [0, 0.05) is 12.7 Å². The predicted molar refractivity (Wildman–Crippen MR) is 116 cm³/mol. The lowest BCUT2D eigenvalue weighted by atomic mass is 9.81. The van der Waals surface area contributed by atoms with Crippen LogP contribution in [0.15, 0.2) is 36.4 Å². The molecule has 2 aliphatic carbocycles. The second kappa shape index (κ2) is 11.4. The number of nitrogens with zero attached hydrogens (tertiary/aromatic N) is 1. The summed E-state index contributed by atoms with van der Waals surface area (Å²) in [6.07, 6.45) is 17.9. The molecule has 0 aliphatic heterocycles. The summed E-state index contributed by atoms with van der Waals surface area (Å²) in [6, 6.07) is 11.5. The normalized spacial score (nSPS) is 28.3. The minimum absolute atomic E-state index is 0.469. The van der Waals surface area contributed by atoms with E-state index in [1.165, 1.54) is 81.8 Å². The zero-order valence-corrected chi connectivity index (χ0v) is 17.6. The SMILES string of the molecule is CCCCc1ccc(C2CCC(OCC3CCC(/C=C/C#N)CC3)CC2)cc1. The van der Waals surface area contributed by atoms with E-state index < -0.39 is 0 Å². The molecule has 0 heterocycles. The average Bonchev–Trinajstić information content (AvgIpc) is 2.76. The highest BCUT2D eigenvalue weighted by Crippen LogP contribution is 2.35. The fourth-order valence-electron chi connectivity index (χ4n) is 4.90. The molecule has 152 valence electrons. The summed E-state index contributed by atoms with van der Waals surface area (Å²) in [4.78, 5) is 0. The highest BCUT2D eigenvalue weighted by Gasteiger charge is 2.25. The van der Waals surface area contributed by atoms with Gasteiger partial charge in [-0.25, -0.2) is 0 Å². The number of benzene rings is 1. The van der Waals surface area contributed by atoms with Crippen LogP contribution in [0.2, 0.25) is 0 Å². The maximum atomic E-state index is 8.66. The van der Waals surface area contributed by atoms with Crippen LogP contribution < -0.4 is 0 Å². The third-order valence-electron chi connectivity index (χ3n) is 6.85. The van der Waals surface area contributed by atoms with E-state index in [4.69, 9.17) is 10.00 Å². The van der Waals surface area contributed by atoms with Crippen molar-refractivity contribution in [2.45, 2.75) is 89.6 Å². The summed E-state index contributed by atoms with van der Waals surface area (Å²) >= 11 is 0. The van der Waals surface area contributed by atoms with Crippen molar-refractivity contribution in [3.63, 3.8) is 0 Å². The summed E-state index contributed by atoms with van der Waals surface area (Å²) in [5, 5.41) is 8.66. The van der Waals surface area contributed by atoms with Gasteiger partial charge in [-0.2, -0.15) is 5.26 Å². The maximum Gasteiger partial charge on any atom is 0.0908 e. The van der Waals surface area contributed by atoms with Crippen LogP contribution >= 0.6 is 0 Å². The predicted octanol–water partition coefficient (Wildman–Crippen LogP) is 6.96. The molecular formula is C26H37NO. The van der Waals surface area contributed by atoms with Crippen LogP contribution in [0.5, 0.6) is 0 Å². The molecule has 0 radical (unpaired) electrons. The molecule has 28 heavy (non-hydrogen) atoms. The van der Waals surface area contributed by atoms with Crippen molar-refractivity contribution in [3.8, 4) is 6.07 Å². The number of ether oxygens (including phenoxy) is 1. The molecule has 2 nitrogen and oxygen atoms in total. The van der Waals surface area contributed by atoms with Gasteiger partial charge < -0.3 is 4.74 Å². The molecule has 0 N–H and O–H groups in total. The lowest BCUT2D eigenvalue weighted by molar-refractivity contribution is -0.00337. The van der Waals surface area contributed by atoms with Crippen molar-refractivity contribution in [2.24, 2.45) is 11.8 Å². The highest BCUT2D eigenvalue weighted by atomic mass is 16.5. The molecule has 2 heteroatoms. The van der Waals surface area contributed by atoms with Crippen LogP contribution in [0.4, 0.5) is 0 Å². The lowest BCUT2D eigenvalue weighted by Gasteiger charge is -2.32. The molecule has 0 aromatic heterocycles. The smallest absolute Gasteiger partial charge is 0.0908 e. The van der Waals surface area contributed by atoms with Crippen molar-refractivity contribution < 1.29 is 4.74 Å². The van der Waals surface area contributed by atoms with E-state index >= 15 is 0 Å². The third kappa shape index (κ3) is 6.49. The number of hydrogen-bond acceptors (Lipinski definition) is 2. The molecule has 0 saturated heterocycles. The molecule has 1 aromatic rings. The second-order valence-electron chi connectivity index (χ2n) is 8.92. The topological polar surface area (TPSA) is 33.0 Å². The summed E-state index contributed by atoms with van der Waals surface area (Å²) in [7, 11) is 0. The molecule has 1 aromatic carbocycles. The van der Waals surface area contributed by atoms with Crippen LogP contribution in [0.25, 0.3) is 0 Å². The first kappa shape index (κ1) is 21.1. The first-order valence-electron chi connectivity index (χ1n) is 11.5. The number of rotatable bonds is 8. The van der Waals surface area contributed by atoms with Gasteiger partial charge >= 0.3 is 0 Å². The van der Waals surface area contributed by atoms with Gasteiger partial charge in [0.05, 0.1) is 12.2 Å². The average molecular weight is 380 g/mol. The quantitative estimate of drug-likeness (QED) is 0.457. The van der Waals surface area contributed by atoms with Crippen molar-refractivity contribution in [2.75, 3.05) is 6.61 Å². The van der Waals surface area contributed by atoms with E-state index in [1.807, 2.05) is 0 Å². The monoisotopic (exact) mass is 379 g/mol. The van der Waals surface area contributed by atoms with Crippen LogP contribution in [0.1, 0.15) is 88.2 Å². The molecular weight excluding hydrogens is 342 g/mol. The van der Waals surface area contributed by atoms with Gasteiger partial charge in [-0.15, -0.1) is 0 Å². The first-order valence-corrected chi connectivity index (χ1v) is 11.5. The summed E-state index contributed by atoms with van der Waals surface area (Å²) in [6.45, 7) is 3.20. The number of aryl methyl sites for hydroxylation is 1. The molecule has 0 amide bonds. The lowest BCUT2D eigenvalue weighted by Crippen LogP contribution is -2.25. The number of hydrogen-bond donors (Lipinski definition) is 0. The summed E-state index contributed by atoms with van der Waals surface area (Å²) in [5.74, 6) is 2.06. The summed E-state index contributed by atoms with van der Waals surface area (Å²) < 4.78 is 6.32. The molecule has 0 bridgehead atoms. The Balaban J connectivity index is 1.34. The van der Waals surface area contributed by atoms with Gasteiger partial charge in [0.25, 0.3) is 0 Å². The Morgan fingerprint density at radius 2 is 1.71 bits per heavy atom. The molecule has 0 spiro atoms. The zero-order chi connectivity index (χ0) is 19.6. The summed E-state index contributed by atoms with van der Waals surface area (Å²) in [5.41, 5.74) is 3.02. The van der Waals surface area contributed by atoms with Crippen LogP contribution in [-0.4, -0.2) is 12.7 Å². The molecule has 3 rings (SSSR count). The number of unbranched alkanes of at least 4 members (excludes halogenated alkanes) is 1. The molecule has 0 unspecified atom stereocenters. The van der Waals surface area contributed by atoms with Crippen LogP contribution in [0.3, 0.4) is 0 Å². The first-order chi connectivity index (χ1) is 13.8. The van der Waals surface area contributed by atoms with Crippen molar-refractivity contribution >= 4 is 0 Å². The standard InChI is InChI=1S/C26H37NO/c1-2-3-5-21-11-13-24(14-12-21)25-15-17-26(18-16-25)28-20-23-9-7-22(8-10-23)6-4-19-27/h4,6,11-14,22-23,25-26H,2-3,5,7-10,15-18,20H2,1H3/b6-4+. The minimum atomic E-state index is 0.469. The Bertz CT molecular complexity index is 625. The van der Waals surface area contributed by atoms with Crippen molar-refractivity contribution in [3.05, 3.63) is 47.5 Å². The van der Waals surface area contributed by atoms with Gasteiger partial charge in [-0.1, -0.05) is 43.7 Å². The van der Waals surface area contributed by atoms with E-state index in [0.29, 0.717) is 12.0 Å². The molecule has 2 aliphatic rings. The fraction of sp³-hybridized carbons (Fsp3) is 0.654. The molecule has 0 atom stereocenters. The van der Waals surface area contributed by atoms with Crippen molar-refractivity contribution in [1.82, 2.24) is 0 Å². The van der Waals surface area contributed by atoms with Gasteiger partial charge in [-0.3, -0.25) is 0 Å². The van der Waals surface area contributed by atoms with Gasteiger partial charge in [0.1, 0.15) is 0 Å². The van der Waals surface area contributed by atoms with E-state index in [2.05, 4.69) is 43.3 Å². The Morgan fingerprint density at radius 3 is 2.36 bits per heavy atom. The van der Waals surface area contributed by atoms with Crippen LogP contribution in [-0.2, 0) is 11.2 Å². The van der Waals surface area contributed by atoms with Gasteiger partial charge in [-0.05, 0) is 93.1 Å². The Kier molecular flexibility index (Phi) is 8.62. The largest absolute Gasteiger partial charge is 0.378 e. The number of nitriles is 1. The van der Waals surface area contributed by atoms with E-state index in [-0.39, 0.29) is 0 Å². The van der Waals surface area contributed by atoms with Crippen molar-refractivity contribution in [1.29, 1.82) is 5.26 Å². The zero-order valence-electron chi connectivity index (χ0n) is 17.6. The van der Waals surface area contributed by atoms with Gasteiger partial charge in [0.2, 0.25) is 0 Å². The Labute approximate surface area is 172 Å². The Hall–Kier alpha value is -1.59. The van der Waals surface area contributed by atoms with Crippen LogP contribution in [0, 0.1) is 23.2 Å². The molecule has 2 fully saturated rings. The Morgan fingerprint density at radius 1 is 1.00 bits per heavy atom. The number of allylic oxidation sites excluding steroid dienone is 2. The molecule has 2 saturated carbocycles. The van der Waals surface area contributed by atoms with E-state index in [9.17, 15) is 0 Å². The van der Waals surface area contributed by atoms with E-state index in [1.54, 1.807) is 6.08 Å². The second-order valence-corrected chi connectivity index (χ2v) is 8.92. The fourth-order valence-corrected chi connectivity index (χ4v) is 4.90. The van der Waals surface area contributed by atoms with Gasteiger partial charge in [0.15, 0.2) is 0 Å². The maximum absolute atomic E-state index is 8.66.